The lowest BCUT2D eigenvalue weighted by Gasteiger charge is -2.32. The fourth-order valence-electron chi connectivity index (χ4n) is 2.24. The molecule has 0 fully saturated rings. The van der Waals surface area contributed by atoms with Gasteiger partial charge in [0.05, 0.1) is 11.5 Å². The molecular weight excluding hydrogens is 224 g/mol. The van der Waals surface area contributed by atoms with Crippen molar-refractivity contribution in [3.8, 4) is 0 Å². The number of carbonyl (C=O) groups excluding carboxylic acids is 1. The molecule has 2 nitrogen and oxygen atoms in total. The summed E-state index contributed by atoms with van der Waals surface area (Å²) in [6.45, 7) is 3.92. The number of ether oxygens (including phenoxy) is 1. The number of aryl methyl sites for hydroxylation is 1. The molecule has 1 aliphatic carbocycles. The predicted octanol–water partition coefficient (Wildman–Crippen LogP) is 3.33. The lowest BCUT2D eigenvalue weighted by atomic mass is 9.80. The summed E-state index contributed by atoms with van der Waals surface area (Å²) in [5.41, 5.74) is 1.27. The zero-order valence-electron chi connectivity index (χ0n) is 11.0. The molecule has 1 aromatic carbocycles. The van der Waals surface area contributed by atoms with E-state index >= 15 is 0 Å². The third-order valence-electron chi connectivity index (χ3n) is 3.48. The van der Waals surface area contributed by atoms with Crippen LogP contribution in [0.2, 0.25) is 0 Å². The van der Waals surface area contributed by atoms with Crippen LogP contribution in [0.25, 0.3) is 0 Å². The summed E-state index contributed by atoms with van der Waals surface area (Å²) < 4.78 is 5.51. The van der Waals surface area contributed by atoms with Crippen LogP contribution in [-0.4, -0.2) is 18.5 Å². The van der Waals surface area contributed by atoms with Crippen molar-refractivity contribution in [2.24, 2.45) is 5.92 Å². The molecule has 0 spiro atoms. The van der Waals surface area contributed by atoms with Gasteiger partial charge < -0.3 is 4.74 Å². The first-order valence-electron chi connectivity index (χ1n) is 6.09. The Labute approximate surface area is 108 Å². The molecule has 2 unspecified atom stereocenters. The van der Waals surface area contributed by atoms with Crippen molar-refractivity contribution in [3.63, 3.8) is 0 Å². The highest BCUT2D eigenvalue weighted by molar-refractivity contribution is 6.00. The molecule has 1 aromatic rings. The van der Waals surface area contributed by atoms with E-state index in [4.69, 9.17) is 4.74 Å². The molecule has 0 N–H and O–H groups in total. The van der Waals surface area contributed by atoms with E-state index in [0.29, 0.717) is 0 Å². The SMILES string of the molecule is COC1(C)C=CC=CC1C(=O)c1cccc(C)c1. The molecule has 0 bridgehead atoms. The van der Waals surface area contributed by atoms with Gasteiger partial charge in [0.2, 0.25) is 0 Å². The maximum Gasteiger partial charge on any atom is 0.172 e. The van der Waals surface area contributed by atoms with Gasteiger partial charge >= 0.3 is 0 Å². The van der Waals surface area contributed by atoms with E-state index in [2.05, 4.69) is 0 Å². The number of carbonyl (C=O) groups is 1. The number of methoxy groups -OCH3 is 1. The third kappa shape index (κ3) is 2.29. The summed E-state index contributed by atoms with van der Waals surface area (Å²) in [6, 6.07) is 7.68. The minimum Gasteiger partial charge on any atom is -0.373 e. The van der Waals surface area contributed by atoms with Crippen molar-refractivity contribution in [1.82, 2.24) is 0 Å². The molecule has 0 saturated carbocycles. The van der Waals surface area contributed by atoms with Crippen LogP contribution in [-0.2, 0) is 4.74 Å². The van der Waals surface area contributed by atoms with Gasteiger partial charge in [0.25, 0.3) is 0 Å². The van der Waals surface area contributed by atoms with Crippen LogP contribution >= 0.6 is 0 Å². The van der Waals surface area contributed by atoms with Crippen molar-refractivity contribution >= 4 is 5.78 Å². The second-order valence-corrected chi connectivity index (χ2v) is 4.84. The first kappa shape index (κ1) is 12.8. The summed E-state index contributed by atoms with van der Waals surface area (Å²) in [4.78, 5) is 12.6. The topological polar surface area (TPSA) is 26.3 Å². The summed E-state index contributed by atoms with van der Waals surface area (Å²) >= 11 is 0. The number of rotatable bonds is 3. The third-order valence-corrected chi connectivity index (χ3v) is 3.48. The number of Topliss-reactive ketones (excluding diaryl/α,β-unsaturated/α-hetero) is 1. The molecule has 2 rings (SSSR count). The van der Waals surface area contributed by atoms with Crippen LogP contribution in [0.15, 0.2) is 48.6 Å². The summed E-state index contributed by atoms with van der Waals surface area (Å²) in [7, 11) is 1.64. The number of hydrogen-bond acceptors (Lipinski definition) is 2. The Bertz CT molecular complexity index is 514. The minimum atomic E-state index is -0.560. The summed E-state index contributed by atoms with van der Waals surface area (Å²) in [5, 5.41) is 0. The number of hydrogen-bond donors (Lipinski definition) is 0. The molecule has 18 heavy (non-hydrogen) atoms. The number of ketones is 1. The molecular formula is C16H18O2. The average molecular weight is 242 g/mol. The van der Waals surface area contributed by atoms with Gasteiger partial charge in [-0.15, -0.1) is 0 Å². The maximum absolute atomic E-state index is 12.6. The fraction of sp³-hybridized carbons (Fsp3) is 0.312. The van der Waals surface area contributed by atoms with E-state index < -0.39 is 5.60 Å². The van der Waals surface area contributed by atoms with Crippen LogP contribution in [0.1, 0.15) is 22.8 Å². The smallest absolute Gasteiger partial charge is 0.172 e. The van der Waals surface area contributed by atoms with Gasteiger partial charge in [0, 0.05) is 12.7 Å². The van der Waals surface area contributed by atoms with Crippen LogP contribution in [0.4, 0.5) is 0 Å². The van der Waals surface area contributed by atoms with Gasteiger partial charge in [0.1, 0.15) is 0 Å². The van der Waals surface area contributed by atoms with Crippen molar-refractivity contribution in [1.29, 1.82) is 0 Å². The Balaban J connectivity index is 2.34. The van der Waals surface area contributed by atoms with Gasteiger partial charge in [-0.05, 0) is 19.9 Å². The van der Waals surface area contributed by atoms with Crippen LogP contribution in [0.3, 0.4) is 0 Å². The Morgan fingerprint density at radius 2 is 2.11 bits per heavy atom. The standard InChI is InChI=1S/C16H18O2/c1-12-7-6-8-13(11-12)15(17)14-9-4-5-10-16(14,2)18-3/h4-11,14H,1-3H3. The lowest BCUT2D eigenvalue weighted by Crippen LogP contribution is -2.39. The predicted molar refractivity (Wildman–Crippen MR) is 72.7 cm³/mol. The molecule has 0 amide bonds. The van der Waals surface area contributed by atoms with Crippen LogP contribution in [0.5, 0.6) is 0 Å². The molecule has 0 heterocycles. The number of benzene rings is 1. The van der Waals surface area contributed by atoms with Crippen molar-refractivity contribution in [2.45, 2.75) is 19.4 Å². The first-order valence-corrected chi connectivity index (χ1v) is 6.09. The fourth-order valence-corrected chi connectivity index (χ4v) is 2.24. The van der Waals surface area contributed by atoms with Gasteiger partial charge in [-0.2, -0.15) is 0 Å². The van der Waals surface area contributed by atoms with E-state index in [0.717, 1.165) is 11.1 Å². The molecule has 94 valence electrons. The average Bonchev–Trinajstić information content (AvgIpc) is 2.38. The maximum atomic E-state index is 12.6. The minimum absolute atomic E-state index is 0.101. The van der Waals surface area contributed by atoms with E-state index in [-0.39, 0.29) is 11.7 Å². The Kier molecular flexibility index (Phi) is 3.48. The van der Waals surface area contributed by atoms with Crippen LogP contribution < -0.4 is 0 Å². The van der Waals surface area contributed by atoms with Crippen molar-refractivity contribution in [2.75, 3.05) is 7.11 Å². The molecule has 1 aliphatic rings. The van der Waals surface area contributed by atoms with Crippen molar-refractivity contribution < 1.29 is 9.53 Å². The molecule has 2 heteroatoms. The van der Waals surface area contributed by atoms with E-state index in [9.17, 15) is 4.79 Å². The second kappa shape index (κ2) is 4.91. The normalized spacial score (nSPS) is 26.3. The molecule has 0 saturated heterocycles. The zero-order chi connectivity index (χ0) is 13.2. The zero-order valence-corrected chi connectivity index (χ0v) is 11.0. The van der Waals surface area contributed by atoms with E-state index in [1.807, 2.05) is 62.4 Å². The molecule has 0 radical (unpaired) electrons. The summed E-state index contributed by atoms with van der Waals surface area (Å²) in [5.74, 6) is -0.169. The molecule has 2 atom stereocenters. The lowest BCUT2D eigenvalue weighted by molar-refractivity contribution is 0.0149. The van der Waals surface area contributed by atoms with Crippen molar-refractivity contribution in [3.05, 3.63) is 59.7 Å². The number of allylic oxidation sites excluding steroid dienone is 2. The van der Waals surface area contributed by atoms with Gasteiger partial charge in [-0.25, -0.2) is 0 Å². The van der Waals surface area contributed by atoms with E-state index in [1.165, 1.54) is 0 Å². The molecule has 0 aromatic heterocycles. The second-order valence-electron chi connectivity index (χ2n) is 4.84. The van der Waals surface area contributed by atoms with Gasteiger partial charge in [-0.3, -0.25) is 4.79 Å². The van der Waals surface area contributed by atoms with Gasteiger partial charge in [0.15, 0.2) is 5.78 Å². The highest BCUT2D eigenvalue weighted by Gasteiger charge is 2.36. The largest absolute Gasteiger partial charge is 0.373 e. The Morgan fingerprint density at radius 3 is 2.78 bits per heavy atom. The van der Waals surface area contributed by atoms with Gasteiger partial charge in [-0.1, -0.05) is 48.1 Å². The summed E-state index contributed by atoms with van der Waals surface area (Å²) in [6.07, 6.45) is 7.67. The monoisotopic (exact) mass is 242 g/mol. The first-order chi connectivity index (χ1) is 8.57. The quantitative estimate of drug-likeness (QED) is 0.760. The van der Waals surface area contributed by atoms with E-state index in [1.54, 1.807) is 7.11 Å². The molecule has 0 aliphatic heterocycles. The highest BCUT2D eigenvalue weighted by Crippen LogP contribution is 2.30. The van der Waals surface area contributed by atoms with Crippen LogP contribution in [0, 0.1) is 12.8 Å². The Hall–Kier alpha value is -1.67. The highest BCUT2D eigenvalue weighted by atomic mass is 16.5. The Morgan fingerprint density at radius 1 is 1.33 bits per heavy atom.